The van der Waals surface area contributed by atoms with E-state index in [4.69, 9.17) is 4.74 Å². The number of halogens is 2. The van der Waals surface area contributed by atoms with E-state index in [1.807, 2.05) is 67.6 Å². The molecule has 3 amide bonds. The van der Waals surface area contributed by atoms with Crippen LogP contribution in [0.3, 0.4) is 0 Å². The molecule has 39 heavy (non-hydrogen) atoms. The number of nitrogens with one attached hydrogen (secondary N) is 1. The zero-order chi connectivity index (χ0) is 27.5. The molecule has 0 unspecified atom stereocenters. The molecule has 200 valence electrons. The van der Waals surface area contributed by atoms with Crippen LogP contribution >= 0.6 is 0 Å². The molecular weight excluding hydrogens is 502 g/mol. The number of urea groups is 1. The van der Waals surface area contributed by atoms with E-state index in [9.17, 15) is 18.4 Å². The minimum absolute atomic E-state index is 0.0946. The zero-order valence-corrected chi connectivity index (χ0v) is 21.7. The van der Waals surface area contributed by atoms with Gasteiger partial charge in [0.1, 0.15) is 17.4 Å². The highest BCUT2D eigenvalue weighted by atomic mass is 19.1. The maximum atomic E-state index is 14.0. The van der Waals surface area contributed by atoms with Crippen molar-refractivity contribution in [3.63, 3.8) is 0 Å². The van der Waals surface area contributed by atoms with Gasteiger partial charge in [0.25, 0.3) is 5.91 Å². The summed E-state index contributed by atoms with van der Waals surface area (Å²) >= 11 is 0. The van der Waals surface area contributed by atoms with E-state index in [0.717, 1.165) is 34.8 Å². The largest absolute Gasteiger partial charge is 0.497 e. The van der Waals surface area contributed by atoms with Crippen LogP contribution in [0.4, 0.5) is 19.3 Å². The predicted octanol–water partition coefficient (Wildman–Crippen LogP) is 5.73. The van der Waals surface area contributed by atoms with Crippen LogP contribution in [0.5, 0.6) is 5.75 Å². The van der Waals surface area contributed by atoms with Gasteiger partial charge >= 0.3 is 6.03 Å². The summed E-state index contributed by atoms with van der Waals surface area (Å²) in [5, 5.41) is 2.48. The minimum Gasteiger partial charge on any atom is -0.497 e. The molecular formula is C30H28F2N4O3. The molecule has 0 radical (unpaired) electrons. The maximum absolute atomic E-state index is 14.0. The number of anilines is 1. The van der Waals surface area contributed by atoms with Crippen molar-refractivity contribution in [2.45, 2.75) is 6.92 Å². The van der Waals surface area contributed by atoms with E-state index in [2.05, 4.69) is 9.88 Å². The number of rotatable bonds is 5. The summed E-state index contributed by atoms with van der Waals surface area (Å²) in [6.45, 7) is 3.12. The Labute approximate surface area is 225 Å². The van der Waals surface area contributed by atoms with Crippen molar-refractivity contribution >= 4 is 17.6 Å². The topological polar surface area (TPSA) is 66.8 Å². The van der Waals surface area contributed by atoms with E-state index in [0.29, 0.717) is 24.4 Å². The van der Waals surface area contributed by atoms with Gasteiger partial charge in [-0.15, -0.1) is 0 Å². The van der Waals surface area contributed by atoms with E-state index >= 15 is 0 Å². The van der Waals surface area contributed by atoms with E-state index in [1.165, 1.54) is 11.0 Å². The van der Waals surface area contributed by atoms with Crippen molar-refractivity contribution < 1.29 is 23.1 Å². The fourth-order valence-electron chi connectivity index (χ4n) is 4.80. The second kappa shape index (κ2) is 11.0. The summed E-state index contributed by atoms with van der Waals surface area (Å²) in [5.74, 6) is -0.976. The normalized spacial score (nSPS) is 13.3. The summed E-state index contributed by atoms with van der Waals surface area (Å²) in [5.41, 5.74) is 3.98. The number of piperazine rings is 1. The number of nitrogens with zero attached hydrogens (tertiary/aromatic N) is 3. The van der Waals surface area contributed by atoms with Crippen LogP contribution in [0.2, 0.25) is 0 Å². The molecule has 3 aromatic carbocycles. The molecule has 1 N–H and O–H groups in total. The fourth-order valence-corrected chi connectivity index (χ4v) is 4.80. The van der Waals surface area contributed by atoms with Crippen LogP contribution in [0.25, 0.3) is 16.9 Å². The van der Waals surface area contributed by atoms with Gasteiger partial charge in [0, 0.05) is 49.2 Å². The Bertz CT molecular complexity index is 1510. The summed E-state index contributed by atoms with van der Waals surface area (Å²) in [6.07, 6.45) is 0. The third-order valence-electron chi connectivity index (χ3n) is 6.88. The van der Waals surface area contributed by atoms with Gasteiger partial charge < -0.3 is 24.4 Å². The molecule has 5 rings (SSSR count). The third-order valence-corrected chi connectivity index (χ3v) is 6.88. The molecule has 0 saturated carbocycles. The quantitative estimate of drug-likeness (QED) is 0.359. The van der Waals surface area contributed by atoms with E-state index in [-0.39, 0.29) is 24.7 Å². The van der Waals surface area contributed by atoms with Crippen molar-refractivity contribution in [1.82, 2.24) is 14.4 Å². The maximum Gasteiger partial charge on any atom is 0.322 e. The standard InChI is InChI=1S/C30H28F2N4O3/c1-20-25(19-28(21-7-6-10-24(17-21)39-2)36(20)23-8-4-3-5-9-23)29(37)34-13-15-35(16-14-34)30(38)33-27-12-11-22(31)18-26(27)32/h3-12,17-19H,13-16H2,1-2H3,(H,33,38). The van der Waals surface area contributed by atoms with Crippen LogP contribution in [0.1, 0.15) is 16.1 Å². The summed E-state index contributed by atoms with van der Waals surface area (Å²) < 4.78 is 34.6. The summed E-state index contributed by atoms with van der Waals surface area (Å²) in [7, 11) is 1.62. The molecule has 1 fully saturated rings. The van der Waals surface area contributed by atoms with Gasteiger partial charge in [-0.2, -0.15) is 0 Å². The Kier molecular flexibility index (Phi) is 7.31. The number of methoxy groups -OCH3 is 1. The lowest BCUT2D eigenvalue weighted by Crippen LogP contribution is -2.51. The average molecular weight is 531 g/mol. The van der Waals surface area contributed by atoms with Crippen molar-refractivity contribution in [2.24, 2.45) is 0 Å². The summed E-state index contributed by atoms with van der Waals surface area (Å²) in [6, 6.07) is 21.9. The van der Waals surface area contributed by atoms with Crippen LogP contribution in [0.15, 0.2) is 78.9 Å². The first kappa shape index (κ1) is 26.0. The smallest absolute Gasteiger partial charge is 0.322 e. The molecule has 4 aromatic rings. The number of para-hydroxylation sites is 1. The molecule has 0 spiro atoms. The molecule has 1 aliphatic heterocycles. The van der Waals surface area contributed by atoms with E-state index in [1.54, 1.807) is 12.0 Å². The second-order valence-corrected chi connectivity index (χ2v) is 9.27. The lowest BCUT2D eigenvalue weighted by atomic mass is 10.1. The second-order valence-electron chi connectivity index (χ2n) is 9.27. The number of benzene rings is 3. The minimum atomic E-state index is -0.845. The fraction of sp³-hybridized carbons (Fsp3) is 0.200. The Morgan fingerprint density at radius 1 is 0.846 bits per heavy atom. The zero-order valence-electron chi connectivity index (χ0n) is 21.7. The number of ether oxygens (including phenoxy) is 1. The van der Waals surface area contributed by atoms with Gasteiger partial charge in [-0.05, 0) is 49.4 Å². The van der Waals surface area contributed by atoms with Gasteiger partial charge in [-0.3, -0.25) is 4.79 Å². The number of carbonyl (C=O) groups is 2. The SMILES string of the molecule is COc1cccc(-c2cc(C(=O)N3CCN(C(=O)Nc4ccc(F)cc4F)CC3)c(C)n2-c2ccccc2)c1. The molecule has 0 bridgehead atoms. The lowest BCUT2D eigenvalue weighted by Gasteiger charge is -2.34. The highest BCUT2D eigenvalue weighted by Crippen LogP contribution is 2.32. The molecule has 0 atom stereocenters. The first-order valence-corrected chi connectivity index (χ1v) is 12.6. The monoisotopic (exact) mass is 530 g/mol. The van der Waals surface area contributed by atoms with Crippen LogP contribution in [0, 0.1) is 18.6 Å². The highest BCUT2D eigenvalue weighted by Gasteiger charge is 2.28. The highest BCUT2D eigenvalue weighted by molar-refractivity contribution is 5.98. The van der Waals surface area contributed by atoms with Crippen LogP contribution in [-0.2, 0) is 0 Å². The number of carbonyl (C=O) groups excluding carboxylic acids is 2. The van der Waals surface area contributed by atoms with Crippen LogP contribution < -0.4 is 10.1 Å². The Balaban J connectivity index is 1.36. The van der Waals surface area contributed by atoms with Gasteiger partial charge in [0.2, 0.25) is 0 Å². The van der Waals surface area contributed by atoms with Gasteiger partial charge in [0.05, 0.1) is 24.1 Å². The van der Waals surface area contributed by atoms with Crippen LogP contribution in [-0.4, -0.2) is 59.6 Å². The molecule has 1 aliphatic rings. The lowest BCUT2D eigenvalue weighted by molar-refractivity contribution is 0.0671. The van der Waals surface area contributed by atoms with Gasteiger partial charge in [0.15, 0.2) is 0 Å². The van der Waals surface area contributed by atoms with Crippen molar-refractivity contribution in [1.29, 1.82) is 0 Å². The molecule has 9 heteroatoms. The Morgan fingerprint density at radius 2 is 1.56 bits per heavy atom. The molecule has 2 heterocycles. The Morgan fingerprint density at radius 3 is 2.26 bits per heavy atom. The summed E-state index contributed by atoms with van der Waals surface area (Å²) in [4.78, 5) is 29.6. The molecule has 1 aromatic heterocycles. The number of hydrogen-bond donors (Lipinski definition) is 1. The van der Waals surface area contributed by atoms with E-state index < -0.39 is 17.7 Å². The van der Waals surface area contributed by atoms with Crippen molar-refractivity contribution in [3.05, 3.63) is 102 Å². The Hall–Kier alpha value is -4.66. The molecule has 0 aliphatic carbocycles. The van der Waals surface area contributed by atoms with Crippen molar-refractivity contribution in [3.8, 4) is 22.7 Å². The number of amides is 3. The average Bonchev–Trinajstić information content (AvgIpc) is 3.31. The van der Waals surface area contributed by atoms with Gasteiger partial charge in [-0.1, -0.05) is 30.3 Å². The third kappa shape index (κ3) is 5.34. The first-order valence-electron chi connectivity index (χ1n) is 12.6. The number of aromatic nitrogens is 1. The molecule has 7 nitrogen and oxygen atoms in total. The first-order chi connectivity index (χ1) is 18.9. The predicted molar refractivity (Wildman–Crippen MR) is 145 cm³/mol. The van der Waals surface area contributed by atoms with Crippen molar-refractivity contribution in [2.75, 3.05) is 38.6 Å². The number of hydrogen-bond acceptors (Lipinski definition) is 3. The molecule has 1 saturated heterocycles. The van der Waals surface area contributed by atoms with Gasteiger partial charge in [-0.25, -0.2) is 13.6 Å².